The van der Waals surface area contributed by atoms with E-state index in [0.717, 1.165) is 23.4 Å². The molecule has 0 spiro atoms. The van der Waals surface area contributed by atoms with Crippen LogP contribution in [0.4, 0.5) is 0 Å². The minimum absolute atomic E-state index is 0.141. The van der Waals surface area contributed by atoms with E-state index in [-0.39, 0.29) is 5.54 Å². The molecule has 1 aromatic carbocycles. The van der Waals surface area contributed by atoms with Gasteiger partial charge in [-0.05, 0) is 65.6 Å². The van der Waals surface area contributed by atoms with Gasteiger partial charge in [-0.15, -0.1) is 0 Å². The fourth-order valence-corrected chi connectivity index (χ4v) is 2.50. The standard InChI is InChI=1S/C10H11ClIN/c11-9-3-2-7(12)6-8(9)10(13)4-1-5-10/h2-3,6H,1,4-5,13H2. The van der Waals surface area contributed by atoms with Crippen molar-refractivity contribution in [1.29, 1.82) is 0 Å². The molecule has 0 saturated heterocycles. The highest BCUT2D eigenvalue weighted by Crippen LogP contribution is 2.41. The van der Waals surface area contributed by atoms with Crippen molar-refractivity contribution in [2.24, 2.45) is 5.73 Å². The molecule has 1 aromatic rings. The number of rotatable bonds is 1. The van der Waals surface area contributed by atoms with E-state index < -0.39 is 0 Å². The van der Waals surface area contributed by atoms with Crippen molar-refractivity contribution >= 4 is 34.2 Å². The Morgan fingerprint density at radius 2 is 2.08 bits per heavy atom. The lowest BCUT2D eigenvalue weighted by Gasteiger charge is -2.39. The van der Waals surface area contributed by atoms with Crippen molar-refractivity contribution in [3.05, 3.63) is 32.4 Å². The second-order valence-electron chi connectivity index (χ2n) is 3.63. The Morgan fingerprint density at radius 1 is 1.38 bits per heavy atom. The van der Waals surface area contributed by atoms with Gasteiger partial charge in [0.1, 0.15) is 0 Å². The van der Waals surface area contributed by atoms with Crippen LogP contribution in [0.1, 0.15) is 24.8 Å². The SMILES string of the molecule is NC1(c2cc(I)ccc2Cl)CCC1. The Morgan fingerprint density at radius 3 is 2.62 bits per heavy atom. The van der Waals surface area contributed by atoms with Crippen molar-refractivity contribution < 1.29 is 0 Å². The third kappa shape index (κ3) is 1.72. The van der Waals surface area contributed by atoms with Crippen molar-refractivity contribution in [3.8, 4) is 0 Å². The predicted octanol–water partition coefficient (Wildman–Crippen LogP) is 3.28. The first-order valence-corrected chi connectivity index (χ1v) is 5.82. The van der Waals surface area contributed by atoms with Crippen molar-refractivity contribution in [2.45, 2.75) is 24.8 Å². The van der Waals surface area contributed by atoms with Crippen molar-refractivity contribution in [2.75, 3.05) is 0 Å². The van der Waals surface area contributed by atoms with Gasteiger partial charge in [-0.1, -0.05) is 11.6 Å². The second kappa shape index (κ2) is 3.41. The van der Waals surface area contributed by atoms with E-state index in [1.54, 1.807) is 0 Å². The highest BCUT2D eigenvalue weighted by Gasteiger charge is 2.35. The summed E-state index contributed by atoms with van der Waals surface area (Å²) in [7, 11) is 0. The largest absolute Gasteiger partial charge is 0.321 e. The monoisotopic (exact) mass is 307 g/mol. The summed E-state index contributed by atoms with van der Waals surface area (Å²) in [6.07, 6.45) is 3.35. The van der Waals surface area contributed by atoms with Crippen molar-refractivity contribution in [1.82, 2.24) is 0 Å². The minimum Gasteiger partial charge on any atom is -0.321 e. The van der Waals surface area contributed by atoms with Gasteiger partial charge in [0, 0.05) is 14.1 Å². The van der Waals surface area contributed by atoms with E-state index in [0.29, 0.717) is 0 Å². The van der Waals surface area contributed by atoms with Crippen molar-refractivity contribution in [3.63, 3.8) is 0 Å². The van der Waals surface area contributed by atoms with Crippen LogP contribution in [0.2, 0.25) is 5.02 Å². The molecule has 70 valence electrons. The molecule has 0 radical (unpaired) electrons. The van der Waals surface area contributed by atoms with Gasteiger partial charge in [0.05, 0.1) is 0 Å². The summed E-state index contributed by atoms with van der Waals surface area (Å²) in [5, 5.41) is 0.808. The van der Waals surface area contributed by atoms with Gasteiger partial charge in [-0.3, -0.25) is 0 Å². The molecule has 0 bridgehead atoms. The molecule has 1 aliphatic rings. The molecule has 2 N–H and O–H groups in total. The molecular formula is C10H11ClIN. The zero-order valence-corrected chi connectivity index (χ0v) is 10.1. The smallest absolute Gasteiger partial charge is 0.0457 e. The normalized spacial score (nSPS) is 19.6. The van der Waals surface area contributed by atoms with Gasteiger partial charge in [0.15, 0.2) is 0 Å². The van der Waals surface area contributed by atoms with Crippen LogP contribution in [0.25, 0.3) is 0 Å². The Balaban J connectivity index is 2.43. The van der Waals surface area contributed by atoms with Gasteiger partial charge in [0.25, 0.3) is 0 Å². The zero-order chi connectivity index (χ0) is 9.47. The van der Waals surface area contributed by atoms with Gasteiger partial charge in [0.2, 0.25) is 0 Å². The molecule has 1 aliphatic carbocycles. The van der Waals surface area contributed by atoms with Crippen LogP contribution < -0.4 is 5.73 Å². The third-order valence-electron chi connectivity index (χ3n) is 2.71. The highest BCUT2D eigenvalue weighted by molar-refractivity contribution is 14.1. The molecule has 13 heavy (non-hydrogen) atoms. The predicted molar refractivity (Wildman–Crippen MR) is 63.9 cm³/mol. The van der Waals surface area contributed by atoms with Crippen LogP contribution in [0, 0.1) is 3.57 Å². The van der Waals surface area contributed by atoms with E-state index in [2.05, 4.69) is 28.7 Å². The van der Waals surface area contributed by atoms with Gasteiger partial charge < -0.3 is 5.73 Å². The Hall–Kier alpha value is 0.200. The van der Waals surface area contributed by atoms with E-state index in [1.165, 1.54) is 9.99 Å². The first kappa shape index (κ1) is 9.74. The van der Waals surface area contributed by atoms with Gasteiger partial charge >= 0.3 is 0 Å². The average Bonchev–Trinajstić information content (AvgIpc) is 2.05. The summed E-state index contributed by atoms with van der Waals surface area (Å²) in [5.41, 5.74) is 7.18. The molecule has 3 heteroatoms. The number of nitrogens with two attached hydrogens (primary N) is 1. The lowest BCUT2D eigenvalue weighted by atomic mass is 9.73. The molecule has 0 aliphatic heterocycles. The summed E-state index contributed by atoms with van der Waals surface area (Å²) in [6.45, 7) is 0. The van der Waals surface area contributed by atoms with E-state index in [4.69, 9.17) is 17.3 Å². The minimum atomic E-state index is -0.141. The topological polar surface area (TPSA) is 26.0 Å². The molecule has 0 heterocycles. The molecule has 1 saturated carbocycles. The van der Waals surface area contributed by atoms with Gasteiger partial charge in [-0.25, -0.2) is 0 Å². The molecule has 0 unspecified atom stereocenters. The molecule has 0 amide bonds. The number of halogens is 2. The maximum absolute atomic E-state index is 6.21. The quantitative estimate of drug-likeness (QED) is 0.792. The van der Waals surface area contributed by atoms with E-state index >= 15 is 0 Å². The van der Waals surface area contributed by atoms with Crippen LogP contribution >= 0.6 is 34.2 Å². The third-order valence-corrected chi connectivity index (χ3v) is 3.71. The van der Waals surface area contributed by atoms with Crippen LogP contribution in [0.15, 0.2) is 18.2 Å². The van der Waals surface area contributed by atoms with Crippen LogP contribution in [-0.4, -0.2) is 0 Å². The fourth-order valence-electron chi connectivity index (χ4n) is 1.71. The highest BCUT2D eigenvalue weighted by atomic mass is 127. The molecule has 1 nitrogen and oxygen atoms in total. The average molecular weight is 308 g/mol. The van der Waals surface area contributed by atoms with Crippen LogP contribution in [-0.2, 0) is 5.54 Å². The zero-order valence-electron chi connectivity index (χ0n) is 7.19. The number of hydrogen-bond donors (Lipinski definition) is 1. The maximum Gasteiger partial charge on any atom is 0.0457 e. The Kier molecular flexibility index (Phi) is 2.55. The summed E-state index contributed by atoms with van der Waals surface area (Å²) in [6, 6.07) is 6.04. The first-order chi connectivity index (χ1) is 6.12. The molecule has 1 fully saturated rings. The Bertz CT molecular complexity index is 334. The molecule has 0 atom stereocenters. The summed E-state index contributed by atoms with van der Waals surface area (Å²) < 4.78 is 1.20. The van der Waals surface area contributed by atoms with E-state index in [1.807, 2.05) is 12.1 Å². The molecular weight excluding hydrogens is 296 g/mol. The first-order valence-electron chi connectivity index (χ1n) is 4.36. The number of hydrogen-bond acceptors (Lipinski definition) is 1. The second-order valence-corrected chi connectivity index (χ2v) is 5.29. The molecule has 0 aromatic heterocycles. The van der Waals surface area contributed by atoms with Crippen LogP contribution in [0.5, 0.6) is 0 Å². The molecule has 2 rings (SSSR count). The number of benzene rings is 1. The summed E-state index contributed by atoms with van der Waals surface area (Å²) in [5.74, 6) is 0. The van der Waals surface area contributed by atoms with E-state index in [9.17, 15) is 0 Å². The summed E-state index contributed by atoms with van der Waals surface area (Å²) >= 11 is 8.40. The Labute approximate surface area is 96.8 Å². The van der Waals surface area contributed by atoms with Crippen LogP contribution in [0.3, 0.4) is 0 Å². The lowest BCUT2D eigenvalue weighted by Crippen LogP contribution is -2.43. The maximum atomic E-state index is 6.21. The van der Waals surface area contributed by atoms with Gasteiger partial charge in [-0.2, -0.15) is 0 Å². The summed E-state index contributed by atoms with van der Waals surface area (Å²) in [4.78, 5) is 0. The lowest BCUT2D eigenvalue weighted by molar-refractivity contribution is 0.253. The fraction of sp³-hybridized carbons (Fsp3) is 0.400.